The van der Waals surface area contributed by atoms with Crippen LogP contribution in [-0.4, -0.2) is 30.0 Å². The zero-order valence-electron chi connectivity index (χ0n) is 14.1. The van der Waals surface area contributed by atoms with Gasteiger partial charge in [0.1, 0.15) is 11.9 Å². The Morgan fingerprint density at radius 1 is 1.15 bits per heavy atom. The monoisotopic (exact) mass is 352 g/mol. The van der Waals surface area contributed by atoms with Gasteiger partial charge in [0.05, 0.1) is 18.2 Å². The summed E-state index contributed by atoms with van der Waals surface area (Å²) in [4.78, 5) is 28.8. The van der Waals surface area contributed by atoms with Crippen molar-refractivity contribution in [1.29, 1.82) is 0 Å². The van der Waals surface area contributed by atoms with Gasteiger partial charge in [0, 0.05) is 18.0 Å². The second-order valence-electron chi connectivity index (χ2n) is 5.76. The number of carbonyl (C=O) groups is 2. The van der Waals surface area contributed by atoms with E-state index in [-0.39, 0.29) is 6.42 Å². The smallest absolute Gasteiger partial charge is 0.328 e. The lowest BCUT2D eigenvalue weighted by Gasteiger charge is -2.17. The number of carbonyl (C=O) groups excluding carboxylic acids is 2. The number of benzene rings is 2. The van der Waals surface area contributed by atoms with Crippen LogP contribution < -0.4 is 5.32 Å². The van der Waals surface area contributed by atoms with E-state index in [1.165, 1.54) is 19.4 Å². The van der Waals surface area contributed by atoms with Crippen molar-refractivity contribution in [1.82, 2.24) is 10.3 Å². The number of hydrogen-bond acceptors (Lipinski definition) is 4. The van der Waals surface area contributed by atoms with Crippen molar-refractivity contribution >= 4 is 22.8 Å². The third kappa shape index (κ3) is 3.85. The largest absolute Gasteiger partial charge is 0.467 e. The van der Waals surface area contributed by atoms with Gasteiger partial charge in [-0.25, -0.2) is 9.18 Å². The summed E-state index contributed by atoms with van der Waals surface area (Å²) in [5, 5.41) is 3.41. The van der Waals surface area contributed by atoms with Gasteiger partial charge in [-0.05, 0) is 23.8 Å². The number of ether oxygens (including phenoxy) is 1. The molecule has 0 aliphatic carbocycles. The average molecular weight is 352 g/mol. The Morgan fingerprint density at radius 2 is 1.88 bits per heavy atom. The molecule has 1 heterocycles. The Hall–Kier alpha value is -3.28. The minimum atomic E-state index is -1.00. The molecular formula is C20H17FN2O3. The minimum Gasteiger partial charge on any atom is -0.467 e. The minimum absolute atomic E-state index is 0.00784. The summed E-state index contributed by atoms with van der Waals surface area (Å²) in [6.07, 6.45) is 1.43. The van der Waals surface area contributed by atoms with E-state index in [1.54, 1.807) is 24.3 Å². The summed E-state index contributed by atoms with van der Waals surface area (Å²) >= 11 is 0. The number of esters is 1. The standard InChI is InChI=1S/C20H17FN2O3/c1-26-20(25)18(11-13-6-2-4-8-16(13)21)23-19(24)15-10-14-7-3-5-9-17(14)22-12-15/h2-10,12,18H,11H2,1H3,(H,23,24)/t18-/m0/s1. The maximum absolute atomic E-state index is 13.9. The van der Waals surface area contributed by atoms with Crippen LogP contribution in [0.2, 0.25) is 0 Å². The second kappa shape index (κ2) is 7.74. The predicted molar refractivity (Wildman–Crippen MR) is 95.1 cm³/mol. The van der Waals surface area contributed by atoms with Crippen molar-refractivity contribution in [3.8, 4) is 0 Å². The molecule has 6 heteroatoms. The first-order chi connectivity index (χ1) is 12.6. The molecule has 26 heavy (non-hydrogen) atoms. The Balaban J connectivity index is 1.82. The number of rotatable bonds is 5. The predicted octanol–water partition coefficient (Wildman–Crippen LogP) is 2.89. The first-order valence-corrected chi connectivity index (χ1v) is 8.05. The van der Waals surface area contributed by atoms with Gasteiger partial charge in [0.25, 0.3) is 5.91 Å². The molecule has 0 saturated heterocycles. The van der Waals surface area contributed by atoms with Gasteiger partial charge in [-0.2, -0.15) is 0 Å². The summed E-state index contributed by atoms with van der Waals surface area (Å²) in [5.74, 6) is -1.56. The maximum atomic E-state index is 13.9. The van der Waals surface area contributed by atoms with Crippen molar-refractivity contribution in [3.63, 3.8) is 0 Å². The molecule has 1 amide bonds. The van der Waals surface area contributed by atoms with Crippen molar-refractivity contribution in [3.05, 3.63) is 77.7 Å². The van der Waals surface area contributed by atoms with Crippen molar-refractivity contribution in [2.75, 3.05) is 7.11 Å². The fourth-order valence-corrected chi connectivity index (χ4v) is 2.66. The molecule has 0 bridgehead atoms. The topological polar surface area (TPSA) is 68.3 Å². The second-order valence-corrected chi connectivity index (χ2v) is 5.76. The average Bonchev–Trinajstić information content (AvgIpc) is 2.68. The molecule has 5 nitrogen and oxygen atoms in total. The van der Waals surface area contributed by atoms with Crippen LogP contribution in [0.5, 0.6) is 0 Å². The van der Waals surface area contributed by atoms with Gasteiger partial charge in [0.15, 0.2) is 0 Å². The van der Waals surface area contributed by atoms with Crippen LogP contribution in [-0.2, 0) is 16.0 Å². The number of nitrogens with one attached hydrogen (secondary N) is 1. The lowest BCUT2D eigenvalue weighted by molar-refractivity contribution is -0.142. The van der Waals surface area contributed by atoms with Gasteiger partial charge >= 0.3 is 5.97 Å². The molecule has 0 saturated carbocycles. The molecule has 3 aromatic rings. The van der Waals surface area contributed by atoms with Gasteiger partial charge in [-0.3, -0.25) is 9.78 Å². The summed E-state index contributed by atoms with van der Waals surface area (Å²) < 4.78 is 18.6. The summed E-state index contributed by atoms with van der Waals surface area (Å²) in [6, 6.07) is 14.2. The van der Waals surface area contributed by atoms with E-state index >= 15 is 0 Å². The number of pyridine rings is 1. The highest BCUT2D eigenvalue weighted by Gasteiger charge is 2.24. The number of nitrogens with zero attached hydrogens (tertiary/aromatic N) is 1. The number of halogens is 1. The molecule has 1 atom stereocenters. The van der Waals surface area contributed by atoms with Crippen LogP contribution in [0.25, 0.3) is 10.9 Å². The first-order valence-electron chi connectivity index (χ1n) is 8.05. The Labute approximate surface area is 149 Å². The Kier molecular flexibility index (Phi) is 5.22. The molecule has 0 fully saturated rings. The van der Waals surface area contributed by atoms with Gasteiger partial charge in [-0.15, -0.1) is 0 Å². The SMILES string of the molecule is COC(=O)[C@H](Cc1ccccc1F)NC(=O)c1cnc2ccccc2c1. The molecule has 1 N–H and O–H groups in total. The number of methoxy groups -OCH3 is 1. The maximum Gasteiger partial charge on any atom is 0.328 e. The van der Waals surface area contributed by atoms with E-state index in [4.69, 9.17) is 4.74 Å². The summed E-state index contributed by atoms with van der Waals surface area (Å²) in [7, 11) is 1.22. The number of amides is 1. The van der Waals surface area contributed by atoms with Crippen LogP contribution >= 0.6 is 0 Å². The normalized spacial score (nSPS) is 11.8. The summed E-state index contributed by atoms with van der Waals surface area (Å²) in [5.41, 5.74) is 1.39. The quantitative estimate of drug-likeness (QED) is 0.717. The van der Waals surface area contributed by atoms with Gasteiger partial charge in [0.2, 0.25) is 0 Å². The van der Waals surface area contributed by atoms with E-state index < -0.39 is 23.7 Å². The highest BCUT2D eigenvalue weighted by Crippen LogP contribution is 2.14. The van der Waals surface area contributed by atoms with Crippen LogP contribution in [0.4, 0.5) is 4.39 Å². The highest BCUT2D eigenvalue weighted by atomic mass is 19.1. The number of fused-ring (bicyclic) bond motifs is 1. The molecule has 1 aromatic heterocycles. The molecule has 0 aliphatic rings. The lowest BCUT2D eigenvalue weighted by atomic mass is 10.0. The number of hydrogen-bond donors (Lipinski definition) is 1. The molecular weight excluding hydrogens is 335 g/mol. The fourth-order valence-electron chi connectivity index (χ4n) is 2.66. The lowest BCUT2D eigenvalue weighted by Crippen LogP contribution is -2.43. The molecule has 0 spiro atoms. The molecule has 0 aliphatic heterocycles. The molecule has 3 rings (SSSR count). The molecule has 0 unspecified atom stereocenters. The third-order valence-corrected chi connectivity index (χ3v) is 4.03. The van der Waals surface area contributed by atoms with E-state index in [0.717, 1.165) is 10.9 Å². The van der Waals surface area contributed by atoms with Crippen LogP contribution in [0, 0.1) is 5.82 Å². The van der Waals surface area contributed by atoms with E-state index in [9.17, 15) is 14.0 Å². The molecule has 2 aromatic carbocycles. The number of para-hydroxylation sites is 1. The first kappa shape index (κ1) is 17.5. The Bertz CT molecular complexity index is 958. The van der Waals surface area contributed by atoms with Crippen molar-refractivity contribution in [2.45, 2.75) is 12.5 Å². The highest BCUT2D eigenvalue weighted by molar-refractivity contribution is 5.99. The zero-order valence-corrected chi connectivity index (χ0v) is 14.1. The van der Waals surface area contributed by atoms with Crippen molar-refractivity contribution < 1.29 is 18.7 Å². The summed E-state index contributed by atoms with van der Waals surface area (Å²) in [6.45, 7) is 0. The van der Waals surface area contributed by atoms with E-state index in [1.807, 2.05) is 24.3 Å². The Morgan fingerprint density at radius 3 is 2.65 bits per heavy atom. The molecule has 0 radical (unpaired) electrons. The van der Waals surface area contributed by atoms with Crippen LogP contribution in [0.3, 0.4) is 0 Å². The van der Waals surface area contributed by atoms with Gasteiger partial charge in [-0.1, -0.05) is 36.4 Å². The molecule has 132 valence electrons. The van der Waals surface area contributed by atoms with Crippen LogP contribution in [0.15, 0.2) is 60.8 Å². The van der Waals surface area contributed by atoms with E-state index in [0.29, 0.717) is 11.1 Å². The fraction of sp³-hybridized carbons (Fsp3) is 0.150. The van der Waals surface area contributed by atoms with Gasteiger partial charge < -0.3 is 10.1 Å². The van der Waals surface area contributed by atoms with Crippen LogP contribution in [0.1, 0.15) is 15.9 Å². The van der Waals surface area contributed by atoms with Crippen molar-refractivity contribution in [2.24, 2.45) is 0 Å². The van der Waals surface area contributed by atoms with E-state index in [2.05, 4.69) is 10.3 Å². The third-order valence-electron chi connectivity index (χ3n) is 4.03. The zero-order chi connectivity index (χ0) is 18.5. The number of aromatic nitrogens is 1.